The monoisotopic (exact) mass is 277 g/mol. The Morgan fingerprint density at radius 1 is 1.55 bits per heavy atom. The molecule has 2 rings (SSSR count). The molecule has 1 unspecified atom stereocenters. The summed E-state index contributed by atoms with van der Waals surface area (Å²) in [4.78, 5) is 25.4. The second-order valence-corrected chi connectivity index (χ2v) is 4.88. The molecule has 2 heterocycles. The van der Waals surface area contributed by atoms with Crippen LogP contribution in [-0.2, 0) is 9.59 Å². The number of rotatable bonds is 4. The Balaban J connectivity index is 2.03. The fourth-order valence-corrected chi connectivity index (χ4v) is 1.86. The van der Waals surface area contributed by atoms with Gasteiger partial charge in [-0.3, -0.25) is 9.59 Å². The van der Waals surface area contributed by atoms with Gasteiger partial charge in [0.05, 0.1) is 0 Å². The minimum Gasteiger partial charge on any atom is -0.398 e. The van der Waals surface area contributed by atoms with Gasteiger partial charge in [-0.05, 0) is 25.5 Å². The molecular weight excluding hydrogens is 258 g/mol. The van der Waals surface area contributed by atoms with Crippen molar-refractivity contribution in [2.24, 2.45) is 10.8 Å². The number of hydrazone groups is 1. The van der Waals surface area contributed by atoms with E-state index in [1.165, 1.54) is 5.01 Å². The van der Waals surface area contributed by atoms with Crippen LogP contribution in [0, 0.1) is 0 Å². The van der Waals surface area contributed by atoms with E-state index >= 15 is 0 Å². The summed E-state index contributed by atoms with van der Waals surface area (Å²) in [6.45, 7) is 3.98. The molecule has 7 heteroatoms. The summed E-state index contributed by atoms with van der Waals surface area (Å²) in [7, 11) is 0. The molecule has 7 nitrogen and oxygen atoms in total. The summed E-state index contributed by atoms with van der Waals surface area (Å²) in [5.41, 5.74) is 6.23. The van der Waals surface area contributed by atoms with Crippen molar-refractivity contribution < 1.29 is 9.59 Å². The fraction of sp³-hybridized carbons (Fsp3) is 0.462. The molecule has 2 aliphatic heterocycles. The number of nitrogens with zero attached hydrogens (tertiary/aromatic N) is 3. The largest absolute Gasteiger partial charge is 0.398 e. The first-order valence-electron chi connectivity index (χ1n) is 6.60. The minimum absolute atomic E-state index is 0.0620. The van der Waals surface area contributed by atoms with Crippen LogP contribution in [0.15, 0.2) is 29.2 Å². The SMILES string of the molecule is CCC(C)NC(=O)CN1N=C2C=CC(N)=CN2CC1=O. The van der Waals surface area contributed by atoms with Gasteiger partial charge in [0.25, 0.3) is 5.91 Å². The van der Waals surface area contributed by atoms with Crippen LogP contribution >= 0.6 is 0 Å². The Morgan fingerprint density at radius 3 is 3.00 bits per heavy atom. The molecule has 0 saturated heterocycles. The lowest BCUT2D eigenvalue weighted by Crippen LogP contribution is -2.49. The zero-order chi connectivity index (χ0) is 14.7. The maximum Gasteiger partial charge on any atom is 0.263 e. The highest BCUT2D eigenvalue weighted by atomic mass is 16.2. The molecule has 0 aromatic carbocycles. The number of hydrogen-bond acceptors (Lipinski definition) is 5. The first kappa shape index (κ1) is 14.1. The summed E-state index contributed by atoms with van der Waals surface area (Å²) in [5.74, 6) is 0.169. The van der Waals surface area contributed by atoms with Crippen LogP contribution in [0.2, 0.25) is 0 Å². The third kappa shape index (κ3) is 3.17. The Kier molecular flexibility index (Phi) is 4.07. The van der Waals surface area contributed by atoms with E-state index in [0.29, 0.717) is 11.5 Å². The molecule has 0 bridgehead atoms. The molecule has 0 aromatic rings. The molecule has 0 radical (unpaired) electrons. The third-order valence-corrected chi connectivity index (χ3v) is 3.15. The number of carbonyl (C=O) groups excluding carboxylic acids is 2. The van der Waals surface area contributed by atoms with Crippen LogP contribution in [-0.4, -0.2) is 46.7 Å². The smallest absolute Gasteiger partial charge is 0.263 e. The van der Waals surface area contributed by atoms with Crippen molar-refractivity contribution in [1.82, 2.24) is 15.2 Å². The lowest BCUT2D eigenvalue weighted by Gasteiger charge is -2.31. The quantitative estimate of drug-likeness (QED) is 0.740. The van der Waals surface area contributed by atoms with Crippen molar-refractivity contribution in [2.45, 2.75) is 26.3 Å². The fourth-order valence-electron chi connectivity index (χ4n) is 1.86. The highest BCUT2D eigenvalue weighted by Crippen LogP contribution is 2.12. The zero-order valence-electron chi connectivity index (χ0n) is 11.7. The van der Waals surface area contributed by atoms with E-state index in [4.69, 9.17) is 5.73 Å². The standard InChI is InChI=1S/C13H19N5O2/c1-3-9(2)15-12(19)7-18-13(20)8-17-6-10(14)4-5-11(17)16-18/h4-6,9H,3,7-8,14H2,1-2H3,(H,15,19). The molecule has 3 N–H and O–H groups in total. The number of amidine groups is 1. The molecule has 20 heavy (non-hydrogen) atoms. The molecule has 0 aliphatic carbocycles. The van der Waals surface area contributed by atoms with Crippen molar-refractivity contribution in [3.63, 3.8) is 0 Å². The van der Waals surface area contributed by atoms with Crippen molar-refractivity contribution in [1.29, 1.82) is 0 Å². The van der Waals surface area contributed by atoms with Crippen LogP contribution in [0.25, 0.3) is 0 Å². The van der Waals surface area contributed by atoms with Crippen molar-refractivity contribution in [2.75, 3.05) is 13.1 Å². The molecule has 0 fully saturated rings. The van der Waals surface area contributed by atoms with Gasteiger partial charge in [-0.15, -0.1) is 0 Å². The minimum atomic E-state index is -0.229. The zero-order valence-corrected chi connectivity index (χ0v) is 11.7. The lowest BCUT2D eigenvalue weighted by atomic mass is 10.2. The average Bonchev–Trinajstić information content (AvgIpc) is 2.39. The summed E-state index contributed by atoms with van der Waals surface area (Å²) in [6.07, 6.45) is 5.94. The van der Waals surface area contributed by atoms with E-state index in [2.05, 4.69) is 10.4 Å². The number of nitrogens with one attached hydrogen (secondary N) is 1. The van der Waals surface area contributed by atoms with Crippen molar-refractivity contribution >= 4 is 17.6 Å². The maximum absolute atomic E-state index is 11.9. The number of nitrogens with two attached hydrogens (primary N) is 1. The molecule has 2 aliphatic rings. The average molecular weight is 277 g/mol. The van der Waals surface area contributed by atoms with Gasteiger partial charge < -0.3 is 16.0 Å². The van der Waals surface area contributed by atoms with E-state index in [-0.39, 0.29) is 30.9 Å². The number of fused-ring (bicyclic) bond motifs is 1. The van der Waals surface area contributed by atoms with E-state index in [9.17, 15) is 9.59 Å². The van der Waals surface area contributed by atoms with Crippen molar-refractivity contribution in [3.05, 3.63) is 24.0 Å². The Hall–Kier alpha value is -2.31. The highest BCUT2D eigenvalue weighted by molar-refractivity contribution is 6.01. The summed E-state index contributed by atoms with van der Waals surface area (Å²) in [5, 5.41) is 8.18. The van der Waals surface area contributed by atoms with Crippen LogP contribution in [0.1, 0.15) is 20.3 Å². The van der Waals surface area contributed by atoms with Gasteiger partial charge >= 0.3 is 0 Å². The van der Waals surface area contributed by atoms with E-state index in [1.807, 2.05) is 13.8 Å². The van der Waals surface area contributed by atoms with Gasteiger partial charge in [-0.25, -0.2) is 5.01 Å². The molecule has 0 saturated carbocycles. The first-order chi connectivity index (χ1) is 9.49. The van der Waals surface area contributed by atoms with Gasteiger partial charge in [-0.1, -0.05) is 6.92 Å². The van der Waals surface area contributed by atoms with E-state index in [1.54, 1.807) is 23.3 Å². The summed E-state index contributed by atoms with van der Waals surface area (Å²) >= 11 is 0. The topological polar surface area (TPSA) is 91.0 Å². The predicted octanol–water partition coefficient (Wildman–Crippen LogP) is -0.271. The molecule has 1 atom stereocenters. The Labute approximate surface area is 117 Å². The van der Waals surface area contributed by atoms with Gasteiger partial charge in [0.15, 0.2) is 5.84 Å². The predicted molar refractivity (Wildman–Crippen MR) is 75.2 cm³/mol. The normalized spacial score (nSPS) is 19.2. The molecule has 0 aromatic heterocycles. The van der Waals surface area contributed by atoms with E-state index in [0.717, 1.165) is 6.42 Å². The highest BCUT2D eigenvalue weighted by Gasteiger charge is 2.27. The Morgan fingerprint density at radius 2 is 2.30 bits per heavy atom. The van der Waals surface area contributed by atoms with Gasteiger partial charge in [0, 0.05) is 17.9 Å². The van der Waals surface area contributed by atoms with Crippen LogP contribution in [0.5, 0.6) is 0 Å². The third-order valence-electron chi connectivity index (χ3n) is 3.15. The van der Waals surface area contributed by atoms with Gasteiger partial charge in [0.1, 0.15) is 13.1 Å². The number of allylic oxidation sites excluding steroid dienone is 1. The number of carbonyl (C=O) groups is 2. The van der Waals surface area contributed by atoms with Gasteiger partial charge in [0.2, 0.25) is 5.91 Å². The molecular formula is C13H19N5O2. The van der Waals surface area contributed by atoms with Gasteiger partial charge in [-0.2, -0.15) is 5.10 Å². The Bertz CT molecular complexity index is 509. The number of hydrogen-bond donors (Lipinski definition) is 2. The second kappa shape index (κ2) is 5.77. The second-order valence-electron chi connectivity index (χ2n) is 4.88. The lowest BCUT2D eigenvalue weighted by molar-refractivity contribution is -0.137. The van der Waals surface area contributed by atoms with Crippen LogP contribution in [0.4, 0.5) is 0 Å². The summed E-state index contributed by atoms with van der Waals surface area (Å²) < 4.78 is 0. The molecule has 108 valence electrons. The first-order valence-corrected chi connectivity index (χ1v) is 6.60. The molecule has 0 spiro atoms. The summed E-state index contributed by atoms with van der Waals surface area (Å²) in [6, 6.07) is 0.0869. The molecule has 2 amide bonds. The van der Waals surface area contributed by atoms with Crippen LogP contribution < -0.4 is 11.1 Å². The van der Waals surface area contributed by atoms with Crippen molar-refractivity contribution in [3.8, 4) is 0 Å². The maximum atomic E-state index is 11.9. The van der Waals surface area contributed by atoms with Crippen LogP contribution in [0.3, 0.4) is 0 Å². The number of amides is 2. The van der Waals surface area contributed by atoms with E-state index < -0.39 is 0 Å².